The molecule has 4 rings (SSSR count). The average molecular weight is 290 g/mol. The van der Waals surface area contributed by atoms with E-state index in [4.69, 9.17) is 0 Å². The second-order valence-corrected chi connectivity index (χ2v) is 9.00. The maximum Gasteiger partial charge on any atom is 0.139 e. The Bertz CT molecular complexity index is 458. The van der Waals surface area contributed by atoms with Crippen LogP contribution in [-0.4, -0.2) is 17.0 Å². The fourth-order valence-electron chi connectivity index (χ4n) is 7.01. The van der Waals surface area contributed by atoms with Crippen LogP contribution in [0.5, 0.6) is 0 Å². The molecular formula is C19H30O2. The third kappa shape index (κ3) is 1.84. The van der Waals surface area contributed by atoms with Crippen molar-refractivity contribution < 1.29 is 9.90 Å². The van der Waals surface area contributed by atoms with Crippen LogP contribution in [0.1, 0.15) is 71.6 Å². The van der Waals surface area contributed by atoms with Gasteiger partial charge in [-0.2, -0.15) is 0 Å². The summed E-state index contributed by atoms with van der Waals surface area (Å²) >= 11 is 0. The maximum atomic E-state index is 12.4. The molecule has 0 spiro atoms. The van der Waals surface area contributed by atoms with Crippen LogP contribution in [0.4, 0.5) is 0 Å². The van der Waals surface area contributed by atoms with Gasteiger partial charge in [-0.25, -0.2) is 0 Å². The third-order valence-corrected chi connectivity index (χ3v) is 8.35. The van der Waals surface area contributed by atoms with E-state index >= 15 is 0 Å². The van der Waals surface area contributed by atoms with Crippen LogP contribution < -0.4 is 0 Å². The molecule has 0 saturated heterocycles. The Balaban J connectivity index is 1.64. The lowest BCUT2D eigenvalue weighted by Gasteiger charge is -2.60. The van der Waals surface area contributed by atoms with Gasteiger partial charge in [0.1, 0.15) is 5.78 Å². The van der Waals surface area contributed by atoms with Crippen molar-refractivity contribution in [2.45, 2.75) is 77.7 Å². The second kappa shape index (κ2) is 4.57. The van der Waals surface area contributed by atoms with E-state index in [1.807, 2.05) is 0 Å². The van der Waals surface area contributed by atoms with Crippen molar-refractivity contribution in [2.24, 2.45) is 34.5 Å². The van der Waals surface area contributed by atoms with E-state index in [-0.39, 0.29) is 11.5 Å². The molecule has 1 N–H and O–H groups in total. The highest BCUT2D eigenvalue weighted by atomic mass is 16.3. The number of rotatable bonds is 0. The largest absolute Gasteiger partial charge is 0.393 e. The number of carbonyl (C=O) groups is 1. The fourth-order valence-corrected chi connectivity index (χ4v) is 7.01. The summed E-state index contributed by atoms with van der Waals surface area (Å²) in [6.07, 6.45) is 10.1. The van der Waals surface area contributed by atoms with Crippen molar-refractivity contribution in [1.29, 1.82) is 0 Å². The molecule has 0 bridgehead atoms. The minimum atomic E-state index is -0.0541. The van der Waals surface area contributed by atoms with Gasteiger partial charge in [-0.3, -0.25) is 4.79 Å². The molecule has 4 saturated carbocycles. The highest BCUT2D eigenvalue weighted by Gasteiger charge is 2.60. The van der Waals surface area contributed by atoms with E-state index in [9.17, 15) is 9.90 Å². The zero-order valence-electron chi connectivity index (χ0n) is 13.6. The van der Waals surface area contributed by atoms with E-state index in [1.165, 1.54) is 25.7 Å². The highest BCUT2D eigenvalue weighted by Crippen LogP contribution is 2.65. The number of aliphatic hydroxyl groups is 1. The lowest BCUT2D eigenvalue weighted by atomic mass is 9.45. The van der Waals surface area contributed by atoms with Crippen LogP contribution in [0, 0.1) is 34.5 Å². The smallest absolute Gasteiger partial charge is 0.139 e. The van der Waals surface area contributed by atoms with E-state index in [2.05, 4.69) is 13.8 Å². The molecule has 4 aliphatic rings. The molecule has 2 heteroatoms. The van der Waals surface area contributed by atoms with Gasteiger partial charge in [0.2, 0.25) is 0 Å². The first kappa shape index (κ1) is 14.2. The summed E-state index contributed by atoms with van der Waals surface area (Å²) < 4.78 is 0. The topological polar surface area (TPSA) is 37.3 Å². The second-order valence-electron chi connectivity index (χ2n) is 9.00. The quantitative estimate of drug-likeness (QED) is 0.733. The Kier molecular flexibility index (Phi) is 3.10. The molecule has 118 valence electrons. The van der Waals surface area contributed by atoms with Crippen molar-refractivity contribution in [2.75, 3.05) is 0 Å². The minimum absolute atomic E-state index is 0.0124. The number of hydrogen-bond donors (Lipinski definition) is 1. The van der Waals surface area contributed by atoms with E-state index in [1.54, 1.807) is 0 Å². The molecular weight excluding hydrogens is 260 g/mol. The maximum absolute atomic E-state index is 12.4. The first-order chi connectivity index (χ1) is 9.95. The SMILES string of the molecule is C[C@@]12CC[C@@H](O)C[C@@H]1CC[C@@H]1[C@H]3CCC(=O)[C@@]3(C)CC[C@@H]12. The van der Waals surface area contributed by atoms with Gasteiger partial charge in [0.15, 0.2) is 0 Å². The molecule has 0 aromatic heterocycles. The first-order valence-electron chi connectivity index (χ1n) is 9.16. The van der Waals surface area contributed by atoms with Crippen LogP contribution in [0.3, 0.4) is 0 Å². The summed E-state index contributed by atoms with van der Waals surface area (Å²) in [4.78, 5) is 12.4. The number of hydrogen-bond acceptors (Lipinski definition) is 2. The van der Waals surface area contributed by atoms with Gasteiger partial charge in [0.05, 0.1) is 6.10 Å². The van der Waals surface area contributed by atoms with Crippen molar-refractivity contribution in [1.82, 2.24) is 0 Å². The van der Waals surface area contributed by atoms with Crippen LogP contribution in [0.15, 0.2) is 0 Å². The number of carbonyl (C=O) groups excluding carboxylic acids is 1. The van der Waals surface area contributed by atoms with E-state index < -0.39 is 0 Å². The predicted octanol–water partition coefficient (Wildman–Crippen LogP) is 3.96. The fraction of sp³-hybridized carbons (Fsp3) is 0.947. The van der Waals surface area contributed by atoms with Gasteiger partial charge >= 0.3 is 0 Å². The zero-order chi connectivity index (χ0) is 14.8. The monoisotopic (exact) mass is 290 g/mol. The standard InChI is InChI=1S/C19H30O2/c1-18-9-7-13(20)11-12(18)3-4-14-15-5-6-17(21)19(15,2)10-8-16(14)18/h12-16,20H,3-11H2,1-2H3/t12-,13+,14+,15+,16-,18+,19-/m0/s1. The number of Topliss-reactive ketones (excluding diaryl/α,β-unsaturated/α-hetero) is 1. The molecule has 0 heterocycles. The Morgan fingerprint density at radius 2 is 1.81 bits per heavy atom. The molecule has 2 nitrogen and oxygen atoms in total. The summed E-state index contributed by atoms with van der Waals surface area (Å²) in [5.41, 5.74) is 0.452. The van der Waals surface area contributed by atoms with Crippen molar-refractivity contribution in [3.63, 3.8) is 0 Å². The predicted molar refractivity (Wildman–Crippen MR) is 82.7 cm³/mol. The van der Waals surface area contributed by atoms with Crippen LogP contribution >= 0.6 is 0 Å². The third-order valence-electron chi connectivity index (χ3n) is 8.35. The molecule has 4 fully saturated rings. The van der Waals surface area contributed by atoms with Gasteiger partial charge in [0.25, 0.3) is 0 Å². The number of aliphatic hydroxyl groups excluding tert-OH is 1. The summed E-state index contributed by atoms with van der Waals surface area (Å²) in [6.45, 7) is 4.78. The normalized spacial score (nSPS) is 56.5. The van der Waals surface area contributed by atoms with Crippen molar-refractivity contribution >= 4 is 5.78 Å². The van der Waals surface area contributed by atoms with Crippen LogP contribution in [0.25, 0.3) is 0 Å². The number of ketones is 1. The number of fused-ring (bicyclic) bond motifs is 5. The lowest BCUT2D eigenvalue weighted by molar-refractivity contribution is -0.142. The summed E-state index contributed by atoms with van der Waals surface area (Å²) in [6, 6.07) is 0. The van der Waals surface area contributed by atoms with Gasteiger partial charge in [-0.05, 0) is 80.5 Å². The van der Waals surface area contributed by atoms with Gasteiger partial charge in [0, 0.05) is 11.8 Å². The molecule has 4 aliphatic carbocycles. The van der Waals surface area contributed by atoms with Gasteiger partial charge in [-0.15, -0.1) is 0 Å². The summed E-state index contributed by atoms with van der Waals surface area (Å²) in [7, 11) is 0. The van der Waals surface area contributed by atoms with Crippen LogP contribution in [0.2, 0.25) is 0 Å². The van der Waals surface area contributed by atoms with Gasteiger partial charge in [-0.1, -0.05) is 13.8 Å². The molecule has 0 aromatic rings. The Morgan fingerprint density at radius 1 is 1.00 bits per heavy atom. The molecule has 0 radical (unpaired) electrons. The van der Waals surface area contributed by atoms with E-state index in [0.717, 1.165) is 49.9 Å². The molecule has 0 amide bonds. The molecule has 0 aromatic carbocycles. The van der Waals surface area contributed by atoms with E-state index in [0.29, 0.717) is 17.1 Å². The van der Waals surface area contributed by atoms with Crippen molar-refractivity contribution in [3.8, 4) is 0 Å². The summed E-state index contributed by atoms with van der Waals surface area (Å²) in [5, 5.41) is 10.0. The Hall–Kier alpha value is -0.370. The zero-order valence-corrected chi connectivity index (χ0v) is 13.6. The first-order valence-corrected chi connectivity index (χ1v) is 9.16. The minimum Gasteiger partial charge on any atom is -0.393 e. The average Bonchev–Trinajstić information content (AvgIpc) is 2.76. The Labute approximate surface area is 128 Å². The molecule has 0 unspecified atom stereocenters. The Morgan fingerprint density at radius 3 is 2.62 bits per heavy atom. The molecule has 0 aliphatic heterocycles. The molecule has 7 atom stereocenters. The highest BCUT2D eigenvalue weighted by molar-refractivity contribution is 5.87. The summed E-state index contributed by atoms with van der Waals surface area (Å²) in [5.74, 6) is 3.54. The van der Waals surface area contributed by atoms with Crippen molar-refractivity contribution in [3.05, 3.63) is 0 Å². The molecule has 21 heavy (non-hydrogen) atoms. The van der Waals surface area contributed by atoms with Crippen LogP contribution in [-0.2, 0) is 4.79 Å². The lowest BCUT2D eigenvalue weighted by Crippen LogP contribution is -2.54. The van der Waals surface area contributed by atoms with Gasteiger partial charge < -0.3 is 5.11 Å².